The van der Waals surface area contributed by atoms with Gasteiger partial charge in [-0.25, -0.2) is 20.2 Å². The summed E-state index contributed by atoms with van der Waals surface area (Å²) in [5.41, 5.74) is 3.94. The first-order valence-corrected chi connectivity index (χ1v) is 6.61. The van der Waals surface area contributed by atoms with E-state index in [0.717, 1.165) is 10.2 Å². The van der Waals surface area contributed by atoms with E-state index >= 15 is 0 Å². The third kappa shape index (κ3) is 3.08. The van der Waals surface area contributed by atoms with E-state index in [1.54, 1.807) is 12.1 Å². The molecule has 0 saturated carbocycles. The Balaban J connectivity index is 2.60. The highest BCUT2D eigenvalue weighted by molar-refractivity contribution is 9.10. The highest BCUT2D eigenvalue weighted by Crippen LogP contribution is 2.28. The molecule has 2 rings (SSSR count). The largest absolute Gasteiger partial charge is 0.308 e. The molecule has 3 N–H and O–H groups in total. The summed E-state index contributed by atoms with van der Waals surface area (Å²) in [5.74, 6) is 6.24. The van der Waals surface area contributed by atoms with E-state index in [9.17, 15) is 4.39 Å². The fourth-order valence-corrected chi connectivity index (χ4v) is 2.05. The monoisotopic (exact) mass is 324 g/mol. The zero-order valence-corrected chi connectivity index (χ0v) is 12.2. The molecule has 19 heavy (non-hydrogen) atoms. The van der Waals surface area contributed by atoms with Gasteiger partial charge in [0.1, 0.15) is 11.6 Å². The van der Waals surface area contributed by atoms with Crippen LogP contribution >= 0.6 is 15.9 Å². The minimum atomic E-state index is -0.334. The minimum Gasteiger partial charge on any atom is -0.308 e. The number of nitrogens with one attached hydrogen (secondary N) is 1. The maximum atomic E-state index is 13.4. The molecule has 0 aliphatic carbocycles. The molecule has 1 heterocycles. The molecule has 6 heteroatoms. The highest BCUT2D eigenvalue weighted by Gasteiger charge is 2.12. The van der Waals surface area contributed by atoms with E-state index in [2.05, 4.69) is 31.3 Å². The van der Waals surface area contributed by atoms with Crippen molar-refractivity contribution in [2.75, 3.05) is 5.43 Å². The lowest BCUT2D eigenvalue weighted by Crippen LogP contribution is -2.11. The number of nitrogens with two attached hydrogens (primary N) is 1. The van der Waals surface area contributed by atoms with Crippen molar-refractivity contribution < 1.29 is 4.39 Å². The summed E-state index contributed by atoms with van der Waals surface area (Å²) in [7, 11) is 0. The molecule has 4 nitrogen and oxygen atoms in total. The van der Waals surface area contributed by atoms with Crippen molar-refractivity contribution in [1.29, 1.82) is 0 Å². The SMILES string of the molecule is CC(C)c1cc(NN)nc(-c2cc(F)ccc2Br)n1. The van der Waals surface area contributed by atoms with Crippen LogP contribution in [0, 0.1) is 5.82 Å². The van der Waals surface area contributed by atoms with Gasteiger partial charge >= 0.3 is 0 Å². The van der Waals surface area contributed by atoms with Gasteiger partial charge in [0.25, 0.3) is 0 Å². The van der Waals surface area contributed by atoms with Gasteiger partial charge in [-0.2, -0.15) is 0 Å². The van der Waals surface area contributed by atoms with E-state index in [4.69, 9.17) is 5.84 Å². The highest BCUT2D eigenvalue weighted by atomic mass is 79.9. The maximum absolute atomic E-state index is 13.4. The lowest BCUT2D eigenvalue weighted by atomic mass is 10.1. The van der Waals surface area contributed by atoms with Gasteiger partial charge in [-0.3, -0.25) is 0 Å². The minimum absolute atomic E-state index is 0.223. The Hall–Kier alpha value is -1.53. The van der Waals surface area contributed by atoms with Crippen LogP contribution in [0.1, 0.15) is 25.5 Å². The number of anilines is 1. The van der Waals surface area contributed by atoms with Gasteiger partial charge < -0.3 is 5.43 Å². The molecule has 0 bridgehead atoms. The number of benzene rings is 1. The van der Waals surface area contributed by atoms with Crippen LogP contribution in [0.15, 0.2) is 28.7 Å². The molecule has 1 aromatic heterocycles. The number of halogens is 2. The van der Waals surface area contributed by atoms with E-state index in [1.807, 2.05) is 13.8 Å². The third-order valence-electron chi connectivity index (χ3n) is 2.65. The smallest absolute Gasteiger partial charge is 0.163 e. The first-order chi connectivity index (χ1) is 9.01. The first kappa shape index (κ1) is 13.9. The summed E-state index contributed by atoms with van der Waals surface area (Å²) in [6.45, 7) is 4.04. The molecular weight excluding hydrogens is 311 g/mol. The first-order valence-electron chi connectivity index (χ1n) is 5.82. The summed E-state index contributed by atoms with van der Waals surface area (Å²) in [6.07, 6.45) is 0. The summed E-state index contributed by atoms with van der Waals surface area (Å²) < 4.78 is 14.1. The predicted molar refractivity (Wildman–Crippen MR) is 77.0 cm³/mol. The molecule has 1 aromatic carbocycles. The third-order valence-corrected chi connectivity index (χ3v) is 3.35. The number of hydrogen-bond acceptors (Lipinski definition) is 4. The zero-order valence-electron chi connectivity index (χ0n) is 10.6. The zero-order chi connectivity index (χ0) is 14.0. The van der Waals surface area contributed by atoms with Crippen molar-refractivity contribution >= 4 is 21.7 Å². The maximum Gasteiger partial charge on any atom is 0.163 e. The number of hydrazine groups is 1. The van der Waals surface area contributed by atoms with Crippen LogP contribution in [-0.2, 0) is 0 Å². The Labute approximate surface area is 119 Å². The Morgan fingerprint density at radius 2 is 2.00 bits per heavy atom. The van der Waals surface area contributed by atoms with Crippen molar-refractivity contribution in [3.05, 3.63) is 40.2 Å². The van der Waals surface area contributed by atoms with Gasteiger partial charge in [0.2, 0.25) is 0 Å². The molecule has 0 radical (unpaired) electrons. The molecule has 0 fully saturated rings. The van der Waals surface area contributed by atoms with E-state index in [1.165, 1.54) is 12.1 Å². The van der Waals surface area contributed by atoms with Crippen LogP contribution < -0.4 is 11.3 Å². The molecule has 0 amide bonds. The molecule has 0 unspecified atom stereocenters. The standard InChI is InChI=1S/C13H14BrFN4/c1-7(2)11-6-12(19-16)18-13(17-11)9-5-8(15)3-4-10(9)14/h3-7H,16H2,1-2H3,(H,17,18,19). The lowest BCUT2D eigenvalue weighted by molar-refractivity contribution is 0.628. The van der Waals surface area contributed by atoms with Gasteiger partial charge in [0, 0.05) is 21.8 Å². The van der Waals surface area contributed by atoms with Gasteiger partial charge in [-0.15, -0.1) is 0 Å². The van der Waals surface area contributed by atoms with Crippen molar-refractivity contribution in [2.24, 2.45) is 5.84 Å². The van der Waals surface area contributed by atoms with Crippen molar-refractivity contribution in [1.82, 2.24) is 9.97 Å². The fourth-order valence-electron chi connectivity index (χ4n) is 1.63. The Bertz CT molecular complexity index is 601. The number of aromatic nitrogens is 2. The van der Waals surface area contributed by atoms with Crippen LogP contribution in [-0.4, -0.2) is 9.97 Å². The number of hydrogen-bond donors (Lipinski definition) is 2. The number of rotatable bonds is 3. The van der Waals surface area contributed by atoms with E-state index < -0.39 is 0 Å². The molecule has 0 spiro atoms. The predicted octanol–water partition coefficient (Wildman–Crippen LogP) is 3.45. The quantitative estimate of drug-likeness (QED) is 0.670. The van der Waals surface area contributed by atoms with Crippen molar-refractivity contribution in [2.45, 2.75) is 19.8 Å². The van der Waals surface area contributed by atoms with E-state index in [0.29, 0.717) is 17.2 Å². The van der Waals surface area contributed by atoms with Crippen LogP contribution in [0.3, 0.4) is 0 Å². The summed E-state index contributed by atoms with van der Waals surface area (Å²) in [4.78, 5) is 8.71. The average molecular weight is 325 g/mol. The second kappa shape index (κ2) is 5.63. The summed E-state index contributed by atoms with van der Waals surface area (Å²) >= 11 is 3.38. The van der Waals surface area contributed by atoms with Crippen molar-refractivity contribution in [3.63, 3.8) is 0 Å². The molecule has 0 aliphatic rings. The van der Waals surface area contributed by atoms with Crippen LogP contribution in [0.2, 0.25) is 0 Å². The Morgan fingerprint density at radius 1 is 1.26 bits per heavy atom. The second-order valence-electron chi connectivity index (χ2n) is 4.42. The number of nitrogen functional groups attached to an aromatic ring is 1. The topological polar surface area (TPSA) is 63.8 Å². The molecule has 0 atom stereocenters. The fraction of sp³-hybridized carbons (Fsp3) is 0.231. The van der Waals surface area contributed by atoms with Gasteiger partial charge in [0.05, 0.1) is 0 Å². The van der Waals surface area contributed by atoms with Gasteiger partial charge in [-0.05, 0) is 24.1 Å². The molecule has 2 aromatic rings. The number of nitrogens with zero attached hydrogens (tertiary/aromatic N) is 2. The molecule has 0 saturated heterocycles. The molecule has 100 valence electrons. The summed E-state index contributed by atoms with van der Waals surface area (Å²) in [6, 6.07) is 6.18. The van der Waals surface area contributed by atoms with Crippen LogP contribution in [0.25, 0.3) is 11.4 Å². The normalized spacial score (nSPS) is 10.8. The van der Waals surface area contributed by atoms with E-state index in [-0.39, 0.29) is 11.7 Å². The molecule has 0 aliphatic heterocycles. The summed E-state index contributed by atoms with van der Waals surface area (Å²) in [5, 5.41) is 0. The Kier molecular flexibility index (Phi) is 4.11. The second-order valence-corrected chi connectivity index (χ2v) is 5.28. The van der Waals surface area contributed by atoms with Crippen LogP contribution in [0.5, 0.6) is 0 Å². The van der Waals surface area contributed by atoms with Crippen molar-refractivity contribution in [3.8, 4) is 11.4 Å². The molecular formula is C13H14BrFN4. The van der Waals surface area contributed by atoms with Gasteiger partial charge in [0.15, 0.2) is 5.82 Å². The Morgan fingerprint density at radius 3 is 2.63 bits per heavy atom. The lowest BCUT2D eigenvalue weighted by Gasteiger charge is -2.11. The average Bonchev–Trinajstić information content (AvgIpc) is 2.40. The van der Waals surface area contributed by atoms with Crippen LogP contribution in [0.4, 0.5) is 10.2 Å². The van der Waals surface area contributed by atoms with Gasteiger partial charge in [-0.1, -0.05) is 29.8 Å².